The quantitative estimate of drug-likeness (QED) is 0.860. The first-order valence-corrected chi connectivity index (χ1v) is 7.41. The molecule has 1 amide bonds. The average molecular weight is 319 g/mol. The molecule has 1 atom stereocenters. The van der Waals surface area contributed by atoms with Crippen LogP contribution in [0.1, 0.15) is 29.2 Å². The summed E-state index contributed by atoms with van der Waals surface area (Å²) < 4.78 is 27.0. The van der Waals surface area contributed by atoms with Gasteiger partial charge in [0.15, 0.2) is 0 Å². The number of aliphatic hydroxyl groups is 1. The zero-order valence-electron chi connectivity index (χ0n) is 12.9. The zero-order chi connectivity index (χ0) is 16.8. The van der Waals surface area contributed by atoms with Gasteiger partial charge in [-0.2, -0.15) is 0 Å². The lowest BCUT2D eigenvalue weighted by molar-refractivity contribution is -0.121. The molecular formula is C18H19F2NO2. The average Bonchev–Trinajstić information content (AvgIpc) is 2.52. The van der Waals surface area contributed by atoms with Gasteiger partial charge in [-0.05, 0) is 31.0 Å². The van der Waals surface area contributed by atoms with Crippen molar-refractivity contribution in [2.75, 3.05) is 6.54 Å². The minimum Gasteiger partial charge on any atom is -0.386 e. The van der Waals surface area contributed by atoms with Crippen LogP contribution in [0.3, 0.4) is 0 Å². The minimum absolute atomic E-state index is 0.232. The summed E-state index contributed by atoms with van der Waals surface area (Å²) in [7, 11) is 0. The van der Waals surface area contributed by atoms with E-state index in [1.54, 1.807) is 0 Å². The molecule has 2 rings (SSSR count). The monoisotopic (exact) mass is 319 g/mol. The summed E-state index contributed by atoms with van der Waals surface area (Å²) in [5.74, 6) is -1.93. The Morgan fingerprint density at radius 3 is 2.35 bits per heavy atom. The molecule has 23 heavy (non-hydrogen) atoms. The van der Waals surface area contributed by atoms with E-state index in [9.17, 15) is 18.7 Å². The number of nitrogens with one attached hydrogen (secondary N) is 1. The molecule has 0 radical (unpaired) electrons. The summed E-state index contributed by atoms with van der Waals surface area (Å²) in [6, 6.07) is 11.2. The van der Waals surface area contributed by atoms with Crippen molar-refractivity contribution in [1.29, 1.82) is 0 Å². The van der Waals surface area contributed by atoms with E-state index in [1.807, 2.05) is 31.2 Å². The predicted octanol–water partition coefficient (Wildman–Crippen LogP) is 3.06. The Morgan fingerprint density at radius 1 is 1.13 bits per heavy atom. The lowest BCUT2D eigenvalue weighted by atomic mass is 10.1. The predicted molar refractivity (Wildman–Crippen MR) is 83.8 cm³/mol. The van der Waals surface area contributed by atoms with Crippen molar-refractivity contribution in [3.8, 4) is 0 Å². The molecule has 0 spiro atoms. The Kier molecular flexibility index (Phi) is 5.82. The van der Waals surface area contributed by atoms with Gasteiger partial charge < -0.3 is 10.4 Å². The Morgan fingerprint density at radius 2 is 1.74 bits per heavy atom. The number of aryl methyl sites for hydroxylation is 2. The molecule has 0 aromatic heterocycles. The van der Waals surface area contributed by atoms with E-state index in [0.29, 0.717) is 6.42 Å². The van der Waals surface area contributed by atoms with Crippen LogP contribution in [-0.2, 0) is 11.2 Å². The van der Waals surface area contributed by atoms with E-state index in [2.05, 4.69) is 5.32 Å². The number of rotatable bonds is 6. The molecule has 0 saturated carbocycles. The number of carbonyl (C=O) groups excluding carboxylic acids is 1. The topological polar surface area (TPSA) is 49.3 Å². The van der Waals surface area contributed by atoms with Crippen molar-refractivity contribution in [1.82, 2.24) is 5.32 Å². The summed E-state index contributed by atoms with van der Waals surface area (Å²) >= 11 is 0. The number of hydrogen-bond donors (Lipinski definition) is 2. The molecule has 2 aromatic rings. The fourth-order valence-electron chi connectivity index (χ4n) is 2.24. The van der Waals surface area contributed by atoms with Crippen LogP contribution in [-0.4, -0.2) is 17.6 Å². The van der Waals surface area contributed by atoms with E-state index in [-0.39, 0.29) is 18.9 Å². The summed E-state index contributed by atoms with van der Waals surface area (Å²) in [4.78, 5) is 11.8. The van der Waals surface area contributed by atoms with E-state index >= 15 is 0 Å². The smallest absolute Gasteiger partial charge is 0.220 e. The Hall–Kier alpha value is -2.27. The summed E-state index contributed by atoms with van der Waals surface area (Å²) in [6.45, 7) is 1.75. The zero-order valence-corrected chi connectivity index (χ0v) is 12.9. The Balaban J connectivity index is 1.83. The van der Waals surface area contributed by atoms with E-state index < -0.39 is 23.3 Å². The molecule has 0 aliphatic rings. The lowest BCUT2D eigenvalue weighted by Crippen LogP contribution is -2.29. The van der Waals surface area contributed by atoms with Crippen LogP contribution in [0.4, 0.5) is 8.78 Å². The highest BCUT2D eigenvalue weighted by atomic mass is 19.1. The molecular weight excluding hydrogens is 300 g/mol. The Bertz CT molecular complexity index is 651. The van der Waals surface area contributed by atoms with Gasteiger partial charge in [0.2, 0.25) is 5.91 Å². The third-order valence-electron chi connectivity index (χ3n) is 3.59. The van der Waals surface area contributed by atoms with Gasteiger partial charge >= 0.3 is 0 Å². The number of benzene rings is 2. The molecule has 3 nitrogen and oxygen atoms in total. The number of hydrogen-bond acceptors (Lipinski definition) is 2. The number of amides is 1. The Labute approximate surface area is 134 Å². The van der Waals surface area contributed by atoms with E-state index in [0.717, 1.165) is 23.3 Å². The summed E-state index contributed by atoms with van der Waals surface area (Å²) in [5.41, 5.74) is 1.76. The molecule has 1 unspecified atom stereocenters. The maximum atomic E-state index is 13.5. The first-order chi connectivity index (χ1) is 11.0. The second-order valence-electron chi connectivity index (χ2n) is 5.44. The van der Waals surface area contributed by atoms with Crippen molar-refractivity contribution in [2.45, 2.75) is 25.9 Å². The standard InChI is InChI=1S/C18H19F2NO2/c1-12-5-7-13(8-6-12)9-10-17(23)21-11-16(22)18-14(19)3-2-4-15(18)20/h2-8,16,22H,9-11H2,1H3,(H,21,23). The maximum absolute atomic E-state index is 13.5. The normalized spacial score (nSPS) is 12.0. The molecule has 0 aliphatic heterocycles. The number of carbonyl (C=O) groups is 1. The SMILES string of the molecule is Cc1ccc(CCC(=O)NCC(O)c2c(F)cccc2F)cc1. The molecule has 2 aromatic carbocycles. The van der Waals surface area contributed by atoms with Gasteiger partial charge in [-0.3, -0.25) is 4.79 Å². The van der Waals surface area contributed by atoms with Crippen LogP contribution in [0, 0.1) is 18.6 Å². The van der Waals surface area contributed by atoms with Crippen molar-refractivity contribution in [3.63, 3.8) is 0 Å². The molecule has 0 fully saturated rings. The largest absolute Gasteiger partial charge is 0.386 e. The van der Waals surface area contributed by atoms with Crippen LogP contribution in [0.5, 0.6) is 0 Å². The van der Waals surface area contributed by atoms with Gasteiger partial charge in [-0.15, -0.1) is 0 Å². The lowest BCUT2D eigenvalue weighted by Gasteiger charge is -2.14. The van der Waals surface area contributed by atoms with Gasteiger partial charge in [0.1, 0.15) is 17.7 Å². The highest BCUT2D eigenvalue weighted by Gasteiger charge is 2.18. The molecule has 0 saturated heterocycles. The van der Waals surface area contributed by atoms with Gasteiger partial charge in [-0.25, -0.2) is 8.78 Å². The van der Waals surface area contributed by atoms with Crippen LogP contribution in [0.25, 0.3) is 0 Å². The summed E-state index contributed by atoms with van der Waals surface area (Å²) in [5, 5.41) is 12.3. The molecule has 0 heterocycles. The summed E-state index contributed by atoms with van der Waals surface area (Å²) in [6.07, 6.45) is -0.606. The maximum Gasteiger partial charge on any atom is 0.220 e. The van der Waals surface area contributed by atoms with Crippen LogP contribution < -0.4 is 5.32 Å². The van der Waals surface area contributed by atoms with Crippen LogP contribution in [0.2, 0.25) is 0 Å². The van der Waals surface area contributed by atoms with Crippen molar-refractivity contribution in [2.24, 2.45) is 0 Å². The number of aliphatic hydroxyl groups excluding tert-OH is 1. The first kappa shape index (κ1) is 17.1. The van der Waals surface area contributed by atoms with Crippen LogP contribution >= 0.6 is 0 Å². The van der Waals surface area contributed by atoms with Crippen molar-refractivity contribution < 1.29 is 18.7 Å². The molecule has 122 valence electrons. The molecule has 2 N–H and O–H groups in total. The second-order valence-corrected chi connectivity index (χ2v) is 5.44. The van der Waals surface area contributed by atoms with Crippen molar-refractivity contribution >= 4 is 5.91 Å². The second kappa shape index (κ2) is 7.83. The molecule has 0 bridgehead atoms. The fourth-order valence-corrected chi connectivity index (χ4v) is 2.24. The van der Waals surface area contributed by atoms with Gasteiger partial charge in [0, 0.05) is 13.0 Å². The third-order valence-corrected chi connectivity index (χ3v) is 3.59. The third kappa shape index (κ3) is 4.86. The molecule has 5 heteroatoms. The highest BCUT2D eigenvalue weighted by Crippen LogP contribution is 2.19. The fraction of sp³-hybridized carbons (Fsp3) is 0.278. The van der Waals surface area contributed by atoms with Crippen LogP contribution in [0.15, 0.2) is 42.5 Å². The van der Waals surface area contributed by atoms with E-state index in [4.69, 9.17) is 0 Å². The minimum atomic E-state index is -1.42. The van der Waals surface area contributed by atoms with Gasteiger partial charge in [-0.1, -0.05) is 35.9 Å². The molecule has 0 aliphatic carbocycles. The van der Waals surface area contributed by atoms with Crippen molar-refractivity contribution in [3.05, 3.63) is 70.8 Å². The van der Waals surface area contributed by atoms with E-state index in [1.165, 1.54) is 6.07 Å². The number of halogens is 2. The van der Waals surface area contributed by atoms with Gasteiger partial charge in [0.25, 0.3) is 0 Å². The van der Waals surface area contributed by atoms with Gasteiger partial charge in [0.05, 0.1) is 5.56 Å². The highest BCUT2D eigenvalue weighted by molar-refractivity contribution is 5.76. The first-order valence-electron chi connectivity index (χ1n) is 7.41.